The summed E-state index contributed by atoms with van der Waals surface area (Å²) in [6.07, 6.45) is 9.65. The molecule has 3 aliphatic heterocycles. The number of amides is 3. The predicted octanol–water partition coefficient (Wildman–Crippen LogP) is 4.51. The number of aliphatic hydroxyl groups excluding tert-OH is 1. The number of ether oxygens (including phenoxy) is 3. The molecule has 2 N–H and O–H groups in total. The molecule has 3 saturated heterocycles. The lowest BCUT2D eigenvalue weighted by Crippen LogP contribution is -2.34. The molecule has 1 aromatic carbocycles. The number of epoxide rings is 1. The first-order valence-corrected chi connectivity index (χ1v) is 16.8. The van der Waals surface area contributed by atoms with Crippen molar-refractivity contribution in [2.45, 2.75) is 95.3 Å². The summed E-state index contributed by atoms with van der Waals surface area (Å²) in [6.45, 7) is 9.29. The van der Waals surface area contributed by atoms with E-state index < -0.39 is 17.4 Å². The zero-order valence-electron chi connectivity index (χ0n) is 26.4. The van der Waals surface area contributed by atoms with Crippen LogP contribution in [0.15, 0.2) is 60.2 Å². The fourth-order valence-electron chi connectivity index (χ4n) is 6.07. The Morgan fingerprint density at radius 2 is 1.96 bits per heavy atom. The number of hydrogen-bond acceptors (Lipinski definition) is 9. The number of carbonyl (C=O) groups is 4. The zero-order chi connectivity index (χ0) is 32.8. The van der Waals surface area contributed by atoms with Crippen LogP contribution in [-0.4, -0.2) is 74.7 Å². The number of aliphatic hydroxyl groups is 1. The summed E-state index contributed by atoms with van der Waals surface area (Å²) in [5.74, 6) is -1.57. The van der Waals surface area contributed by atoms with Crippen molar-refractivity contribution in [2.75, 3.05) is 13.2 Å². The number of urea groups is 1. The number of rotatable bonds is 12. The molecule has 0 saturated carbocycles. The molecule has 1 aromatic rings. The van der Waals surface area contributed by atoms with Crippen molar-refractivity contribution in [1.82, 2.24) is 14.5 Å². The molecule has 0 spiro atoms. The van der Waals surface area contributed by atoms with Gasteiger partial charge in [-0.2, -0.15) is 0 Å². The van der Waals surface area contributed by atoms with Gasteiger partial charge in [-0.15, -0.1) is 0 Å². The maximum Gasteiger partial charge on any atom is 0.334 e. The molecule has 12 heteroatoms. The van der Waals surface area contributed by atoms with Crippen LogP contribution in [0, 0.1) is 5.92 Å². The van der Waals surface area contributed by atoms with Crippen molar-refractivity contribution in [2.24, 2.45) is 5.92 Å². The molecule has 4 aliphatic rings. The molecule has 46 heavy (non-hydrogen) atoms. The van der Waals surface area contributed by atoms with Crippen LogP contribution in [0.25, 0.3) is 0 Å². The number of allylic oxidation sites excluding steroid dienone is 1. The molecule has 11 nitrogen and oxygen atoms in total. The number of nitrogens with zero attached hydrogens (tertiary/aromatic N) is 2. The number of benzene rings is 1. The van der Waals surface area contributed by atoms with Crippen molar-refractivity contribution in [3.63, 3.8) is 0 Å². The van der Waals surface area contributed by atoms with Crippen LogP contribution in [0.3, 0.4) is 0 Å². The molecule has 3 heterocycles. The van der Waals surface area contributed by atoms with Gasteiger partial charge in [-0.3, -0.25) is 14.0 Å². The van der Waals surface area contributed by atoms with E-state index in [1.807, 2.05) is 31.2 Å². The Kier molecular flexibility index (Phi) is 10.9. The second-order valence-corrected chi connectivity index (χ2v) is 13.5. The normalized spacial score (nSPS) is 28.8. The summed E-state index contributed by atoms with van der Waals surface area (Å²) in [4.78, 5) is 51.0. The van der Waals surface area contributed by atoms with Gasteiger partial charge in [0.2, 0.25) is 5.91 Å². The quantitative estimate of drug-likeness (QED) is 0.0834. The van der Waals surface area contributed by atoms with Gasteiger partial charge in [-0.1, -0.05) is 56.7 Å². The van der Waals surface area contributed by atoms with Crippen molar-refractivity contribution >= 4 is 35.8 Å². The van der Waals surface area contributed by atoms with Gasteiger partial charge in [0.15, 0.2) is 5.56 Å². The van der Waals surface area contributed by atoms with Crippen molar-refractivity contribution in [1.29, 1.82) is 0 Å². The summed E-state index contributed by atoms with van der Waals surface area (Å²) in [5, 5.41) is 13.1. The Morgan fingerprint density at radius 3 is 2.72 bits per heavy atom. The van der Waals surface area contributed by atoms with E-state index in [1.165, 1.54) is 4.90 Å². The van der Waals surface area contributed by atoms with Crippen LogP contribution < -0.4 is 5.32 Å². The van der Waals surface area contributed by atoms with Gasteiger partial charge in [-0.05, 0) is 55.7 Å². The Hall–Kier alpha value is -3.61. The fraction of sp³-hybridized carbons (Fsp3) is 0.529. The second kappa shape index (κ2) is 14.9. The lowest BCUT2D eigenvalue weighted by molar-refractivity contribution is -0.140. The molecular formula is C34H43N3O8S. The Bertz CT molecular complexity index is 1390. The third-order valence-electron chi connectivity index (χ3n) is 8.96. The van der Waals surface area contributed by atoms with E-state index >= 15 is 0 Å². The van der Waals surface area contributed by atoms with Crippen LogP contribution in [0.1, 0.15) is 69.9 Å². The van der Waals surface area contributed by atoms with Gasteiger partial charge >= 0.3 is 18.0 Å². The van der Waals surface area contributed by atoms with E-state index in [0.717, 1.165) is 72.9 Å². The van der Waals surface area contributed by atoms with Gasteiger partial charge in [-0.25, -0.2) is 14.4 Å². The van der Waals surface area contributed by atoms with E-state index in [2.05, 4.69) is 24.9 Å². The Morgan fingerprint density at radius 1 is 1.20 bits per heavy atom. The van der Waals surface area contributed by atoms with Gasteiger partial charge in [0.25, 0.3) is 0 Å². The maximum absolute atomic E-state index is 12.7. The smallest absolute Gasteiger partial charge is 0.334 e. The number of unbranched alkanes of at least 4 members (excludes halogenated alkanes) is 2. The molecule has 3 amide bonds. The summed E-state index contributed by atoms with van der Waals surface area (Å²) in [5.41, 5.74) is 1.85. The van der Waals surface area contributed by atoms with E-state index in [-0.39, 0.29) is 55.4 Å². The lowest BCUT2D eigenvalue weighted by Gasteiger charge is -2.20. The highest BCUT2D eigenvalue weighted by atomic mass is 32.2. The van der Waals surface area contributed by atoms with Crippen LogP contribution in [0.2, 0.25) is 0 Å². The van der Waals surface area contributed by atoms with Gasteiger partial charge in [0, 0.05) is 48.7 Å². The fourth-order valence-corrected chi connectivity index (χ4v) is 7.00. The third kappa shape index (κ3) is 8.21. The Balaban J connectivity index is 1.04. The summed E-state index contributed by atoms with van der Waals surface area (Å²) < 4.78 is 18.5. The molecule has 0 radical (unpaired) electrons. The molecule has 1 unspecified atom stereocenters. The first-order valence-electron chi connectivity index (χ1n) is 16.0. The highest BCUT2D eigenvalue weighted by Gasteiger charge is 2.61. The van der Waals surface area contributed by atoms with Gasteiger partial charge in [0.05, 0.1) is 12.1 Å². The molecular weight excluding hydrogens is 610 g/mol. The number of fused-ring (bicyclic) bond motifs is 3. The number of nitrogens with one attached hydrogen (secondary N) is 1. The molecule has 1 aliphatic carbocycles. The summed E-state index contributed by atoms with van der Waals surface area (Å²) in [7, 11) is 0. The van der Waals surface area contributed by atoms with E-state index in [0.29, 0.717) is 25.0 Å². The monoisotopic (exact) mass is 653 g/mol. The van der Waals surface area contributed by atoms with E-state index in [4.69, 9.17) is 14.2 Å². The van der Waals surface area contributed by atoms with Gasteiger partial charge in [0.1, 0.15) is 18.8 Å². The number of carbonyl (C=O) groups excluding carboxylic acids is 4. The van der Waals surface area contributed by atoms with Crippen molar-refractivity contribution < 1.29 is 38.5 Å². The SMILES string of the molecule is C=C1C(=O)O[C@H]2[C@H]1CC/C(COC(=O)/C=C\C(=O)NCc1ccc(CN3C(=O)N(CCCCC)SC3O)cc1)=C\CC[C@@]1(C)O[C@@H]21. The highest BCUT2D eigenvalue weighted by Crippen LogP contribution is 2.49. The average molecular weight is 654 g/mol. The molecule has 3 fully saturated rings. The molecule has 248 valence electrons. The minimum Gasteiger partial charge on any atom is -0.458 e. The maximum atomic E-state index is 12.7. The van der Waals surface area contributed by atoms with Crippen LogP contribution in [-0.2, 0) is 41.7 Å². The third-order valence-corrected chi connectivity index (χ3v) is 10.0. The highest BCUT2D eigenvalue weighted by molar-refractivity contribution is 7.98. The zero-order valence-corrected chi connectivity index (χ0v) is 27.3. The summed E-state index contributed by atoms with van der Waals surface area (Å²) in [6, 6.07) is 7.22. The van der Waals surface area contributed by atoms with Gasteiger partial charge < -0.3 is 24.6 Å². The van der Waals surface area contributed by atoms with Crippen LogP contribution in [0.5, 0.6) is 0 Å². The standard InChI is InChI=1S/C34H43N3O8S/c1-4-5-6-18-37-32(41)36(33(42)46-37)20-24-11-9-23(10-12-24)19-35-27(38)15-16-28(39)43-21-25-8-7-17-34(3)30(45-34)29-26(14-13-25)22(2)31(40)44-29/h8-12,15-16,26,29-30,33,42H,2,4-7,13-14,17-21H2,1,3H3,(H,35,38)/b16-15-,25-8+/t26-,29-,30-,33?,34+/m0/s1. The molecule has 0 bridgehead atoms. The van der Waals surface area contributed by atoms with Crippen LogP contribution >= 0.6 is 11.9 Å². The first kappa shape index (κ1) is 33.7. The average Bonchev–Trinajstić information content (AvgIpc) is 3.53. The minimum absolute atomic E-state index is 0.0897. The molecule has 5 rings (SSSR count). The lowest BCUT2D eigenvalue weighted by atomic mass is 9.84. The Labute approximate surface area is 274 Å². The summed E-state index contributed by atoms with van der Waals surface area (Å²) >= 11 is 1.14. The van der Waals surface area contributed by atoms with Crippen molar-refractivity contribution in [3.05, 3.63) is 71.3 Å². The molecule has 5 atom stereocenters. The molecule has 0 aromatic heterocycles. The largest absolute Gasteiger partial charge is 0.458 e. The number of esters is 2. The minimum atomic E-state index is -0.916. The topological polar surface area (TPSA) is 138 Å². The van der Waals surface area contributed by atoms with Crippen molar-refractivity contribution in [3.8, 4) is 0 Å². The second-order valence-electron chi connectivity index (χ2n) is 12.4. The predicted molar refractivity (Wildman–Crippen MR) is 171 cm³/mol. The number of hydrogen-bond donors (Lipinski definition) is 2. The van der Waals surface area contributed by atoms with E-state index in [1.54, 1.807) is 4.31 Å². The van der Waals surface area contributed by atoms with Crippen LogP contribution in [0.4, 0.5) is 4.79 Å². The first-order chi connectivity index (χ1) is 22.1. The van der Waals surface area contributed by atoms with E-state index in [9.17, 15) is 24.3 Å².